The van der Waals surface area contributed by atoms with Crippen LogP contribution in [0.15, 0.2) is 24.3 Å². The van der Waals surface area contributed by atoms with Crippen molar-refractivity contribution in [3.05, 3.63) is 35.6 Å². The van der Waals surface area contributed by atoms with E-state index in [0.29, 0.717) is 31.7 Å². The number of hydrogen-bond acceptors (Lipinski definition) is 4. The Morgan fingerprint density at radius 1 is 1.33 bits per heavy atom. The van der Waals surface area contributed by atoms with Crippen LogP contribution >= 0.6 is 0 Å². The van der Waals surface area contributed by atoms with Gasteiger partial charge in [0.25, 0.3) is 5.91 Å². The summed E-state index contributed by atoms with van der Waals surface area (Å²) in [5.74, 6) is -0.586. The number of halogens is 1. The molecule has 0 radical (unpaired) electrons. The van der Waals surface area contributed by atoms with Crippen molar-refractivity contribution in [3.63, 3.8) is 0 Å². The fourth-order valence-electron chi connectivity index (χ4n) is 2.39. The number of carbonyl (C=O) groups is 1. The zero-order valence-corrected chi connectivity index (χ0v) is 12.0. The van der Waals surface area contributed by atoms with E-state index in [0.717, 1.165) is 19.4 Å². The zero-order chi connectivity index (χ0) is 15.1. The van der Waals surface area contributed by atoms with Crippen LogP contribution in [-0.4, -0.2) is 49.3 Å². The van der Waals surface area contributed by atoms with Crippen LogP contribution in [0.25, 0.3) is 0 Å². The lowest BCUT2D eigenvalue weighted by molar-refractivity contribution is 0.0174. The first-order chi connectivity index (χ1) is 10.1. The number of carbonyl (C=O) groups excluding carboxylic acids is 1. The van der Waals surface area contributed by atoms with E-state index in [2.05, 4.69) is 16.0 Å². The first kappa shape index (κ1) is 15.9. The summed E-state index contributed by atoms with van der Waals surface area (Å²) in [6.07, 6.45) is 1.76. The minimum Gasteiger partial charge on any atom is -0.387 e. The van der Waals surface area contributed by atoms with Crippen molar-refractivity contribution < 1.29 is 14.3 Å². The Kier molecular flexibility index (Phi) is 5.67. The molecular formula is C15H22FN3O2. The van der Waals surface area contributed by atoms with Crippen molar-refractivity contribution in [1.82, 2.24) is 16.0 Å². The molecule has 1 aromatic rings. The molecule has 0 aliphatic carbocycles. The van der Waals surface area contributed by atoms with Crippen LogP contribution in [0, 0.1) is 5.82 Å². The third-order valence-corrected chi connectivity index (χ3v) is 3.60. The molecule has 1 aliphatic heterocycles. The summed E-state index contributed by atoms with van der Waals surface area (Å²) in [6, 6.07) is 5.43. The fraction of sp³-hybridized carbons (Fsp3) is 0.533. The van der Waals surface area contributed by atoms with Gasteiger partial charge in [-0.2, -0.15) is 0 Å². The molecule has 5 nitrogen and oxygen atoms in total. The van der Waals surface area contributed by atoms with E-state index in [1.807, 2.05) is 0 Å². The Hall–Kier alpha value is -1.50. The summed E-state index contributed by atoms with van der Waals surface area (Å²) in [5.41, 5.74) is -0.259. The maximum Gasteiger partial charge on any atom is 0.251 e. The molecule has 1 atom stereocenters. The summed E-state index contributed by atoms with van der Waals surface area (Å²) >= 11 is 0. The Bertz CT molecular complexity index is 458. The smallest absolute Gasteiger partial charge is 0.251 e. The average Bonchev–Trinajstić information content (AvgIpc) is 2.48. The Labute approximate surface area is 123 Å². The molecule has 1 aliphatic rings. The second-order valence-corrected chi connectivity index (χ2v) is 5.44. The van der Waals surface area contributed by atoms with Gasteiger partial charge in [0.05, 0.1) is 5.60 Å². The number of aliphatic hydroxyl groups is 1. The van der Waals surface area contributed by atoms with Gasteiger partial charge >= 0.3 is 0 Å². The predicted molar refractivity (Wildman–Crippen MR) is 78.7 cm³/mol. The van der Waals surface area contributed by atoms with E-state index in [1.165, 1.54) is 24.3 Å². The number of hydrogen-bond donors (Lipinski definition) is 4. The summed E-state index contributed by atoms with van der Waals surface area (Å²) in [4.78, 5) is 11.8. The largest absolute Gasteiger partial charge is 0.387 e. The highest BCUT2D eigenvalue weighted by Gasteiger charge is 2.28. The van der Waals surface area contributed by atoms with Gasteiger partial charge in [-0.15, -0.1) is 0 Å². The maximum absolute atomic E-state index is 12.7. The summed E-state index contributed by atoms with van der Waals surface area (Å²) in [7, 11) is 0. The molecule has 0 bridgehead atoms. The summed E-state index contributed by atoms with van der Waals surface area (Å²) in [6.45, 7) is 3.10. The molecule has 1 fully saturated rings. The Morgan fingerprint density at radius 3 is 2.76 bits per heavy atom. The lowest BCUT2D eigenvalue weighted by Gasteiger charge is -2.32. The zero-order valence-electron chi connectivity index (χ0n) is 12.0. The van der Waals surface area contributed by atoms with Crippen molar-refractivity contribution in [2.75, 3.05) is 32.7 Å². The molecule has 4 N–H and O–H groups in total. The van der Waals surface area contributed by atoms with Crippen molar-refractivity contribution >= 4 is 5.91 Å². The van der Waals surface area contributed by atoms with Crippen LogP contribution < -0.4 is 16.0 Å². The van der Waals surface area contributed by atoms with Gasteiger partial charge in [-0.3, -0.25) is 4.79 Å². The van der Waals surface area contributed by atoms with Crippen LogP contribution in [0.1, 0.15) is 23.2 Å². The number of β-amino-alcohol motifs (C(OH)–C–C–N with tert-alkyl or cyclic N) is 1. The van der Waals surface area contributed by atoms with E-state index in [4.69, 9.17) is 0 Å². The van der Waals surface area contributed by atoms with Gasteiger partial charge in [-0.05, 0) is 43.7 Å². The van der Waals surface area contributed by atoms with Crippen molar-refractivity contribution in [2.45, 2.75) is 18.4 Å². The molecule has 1 saturated heterocycles. The van der Waals surface area contributed by atoms with Gasteiger partial charge in [0.2, 0.25) is 0 Å². The molecule has 0 saturated carbocycles. The molecule has 0 aromatic heterocycles. The van der Waals surface area contributed by atoms with E-state index in [1.54, 1.807) is 0 Å². The van der Waals surface area contributed by atoms with E-state index >= 15 is 0 Å². The van der Waals surface area contributed by atoms with Crippen LogP contribution in [0.2, 0.25) is 0 Å². The molecule has 6 heteroatoms. The molecule has 1 amide bonds. The predicted octanol–water partition coefficient (Wildman–Crippen LogP) is 0.260. The number of amides is 1. The van der Waals surface area contributed by atoms with Crippen LogP contribution in [0.4, 0.5) is 4.39 Å². The van der Waals surface area contributed by atoms with Gasteiger partial charge in [-0.1, -0.05) is 0 Å². The van der Waals surface area contributed by atoms with E-state index in [-0.39, 0.29) is 11.7 Å². The highest BCUT2D eigenvalue weighted by atomic mass is 19.1. The third-order valence-electron chi connectivity index (χ3n) is 3.60. The molecule has 21 heavy (non-hydrogen) atoms. The molecule has 0 unspecified atom stereocenters. The standard InChI is InChI=1S/C15H22FN3O2/c16-13-4-2-12(3-5-13)14(20)19-9-8-18-11-15(21)6-1-7-17-10-15/h2-5,17-18,21H,1,6-11H2,(H,19,20)/t15-/m1/s1. The lowest BCUT2D eigenvalue weighted by Crippen LogP contribution is -2.52. The highest BCUT2D eigenvalue weighted by Crippen LogP contribution is 2.14. The average molecular weight is 295 g/mol. The van der Waals surface area contributed by atoms with Gasteiger partial charge < -0.3 is 21.1 Å². The van der Waals surface area contributed by atoms with E-state index in [9.17, 15) is 14.3 Å². The molecule has 1 heterocycles. The quantitative estimate of drug-likeness (QED) is 0.568. The number of rotatable bonds is 6. The fourth-order valence-corrected chi connectivity index (χ4v) is 2.39. The summed E-state index contributed by atoms with van der Waals surface area (Å²) in [5, 5.41) is 19.3. The highest BCUT2D eigenvalue weighted by molar-refractivity contribution is 5.94. The van der Waals surface area contributed by atoms with Crippen molar-refractivity contribution in [3.8, 4) is 0 Å². The lowest BCUT2D eigenvalue weighted by atomic mass is 9.94. The van der Waals surface area contributed by atoms with Crippen LogP contribution in [-0.2, 0) is 0 Å². The first-order valence-corrected chi connectivity index (χ1v) is 7.27. The van der Waals surface area contributed by atoms with Crippen molar-refractivity contribution in [1.29, 1.82) is 0 Å². The Morgan fingerprint density at radius 2 is 2.10 bits per heavy atom. The molecular weight excluding hydrogens is 273 g/mol. The number of piperidine rings is 1. The van der Waals surface area contributed by atoms with E-state index < -0.39 is 5.60 Å². The van der Waals surface area contributed by atoms with Crippen LogP contribution in [0.5, 0.6) is 0 Å². The molecule has 0 spiro atoms. The first-order valence-electron chi connectivity index (χ1n) is 7.27. The summed E-state index contributed by atoms with van der Waals surface area (Å²) < 4.78 is 12.7. The van der Waals surface area contributed by atoms with Gasteiger partial charge in [0.15, 0.2) is 0 Å². The topological polar surface area (TPSA) is 73.4 Å². The maximum atomic E-state index is 12.7. The number of benzene rings is 1. The van der Waals surface area contributed by atoms with Gasteiger partial charge in [0, 0.05) is 31.7 Å². The molecule has 1 aromatic carbocycles. The number of nitrogens with one attached hydrogen (secondary N) is 3. The SMILES string of the molecule is O=C(NCCNC[C@@]1(O)CCCNC1)c1ccc(F)cc1. The Balaban J connectivity index is 1.63. The monoisotopic (exact) mass is 295 g/mol. The second kappa shape index (κ2) is 7.49. The normalized spacial score (nSPS) is 22.0. The second-order valence-electron chi connectivity index (χ2n) is 5.44. The molecule has 116 valence electrons. The van der Waals surface area contributed by atoms with Crippen LogP contribution in [0.3, 0.4) is 0 Å². The van der Waals surface area contributed by atoms with Crippen molar-refractivity contribution in [2.24, 2.45) is 0 Å². The van der Waals surface area contributed by atoms with Gasteiger partial charge in [0.1, 0.15) is 5.82 Å². The van der Waals surface area contributed by atoms with Gasteiger partial charge in [-0.25, -0.2) is 4.39 Å². The minimum atomic E-state index is -0.695. The molecule has 2 rings (SSSR count). The third kappa shape index (κ3) is 5.08. The minimum absolute atomic E-state index is 0.227.